The van der Waals surface area contributed by atoms with Crippen molar-refractivity contribution >= 4 is 45.1 Å². The van der Waals surface area contributed by atoms with E-state index in [1.165, 1.54) is 39.4 Å². The first-order chi connectivity index (χ1) is 18.5. The Morgan fingerprint density at radius 1 is 1.28 bits per heavy atom. The number of anilines is 3. The van der Waals surface area contributed by atoms with Gasteiger partial charge in [-0.05, 0) is 77.2 Å². The number of aromatic nitrogens is 2. The molecule has 1 aliphatic heterocycles. The van der Waals surface area contributed by atoms with Crippen LogP contribution >= 0.6 is 11.6 Å². The molecule has 1 saturated carbocycles. The van der Waals surface area contributed by atoms with Crippen LogP contribution in [0.15, 0.2) is 34.0 Å². The Hall–Kier alpha value is -2.96. The lowest BCUT2D eigenvalue weighted by atomic mass is 9.89. The van der Waals surface area contributed by atoms with Crippen molar-refractivity contribution in [3.05, 3.63) is 45.5 Å². The normalized spacial score (nSPS) is 17.9. The quantitative estimate of drug-likeness (QED) is 0.349. The van der Waals surface area contributed by atoms with Crippen LogP contribution in [0, 0.1) is 5.82 Å². The molecule has 0 bridgehead atoms. The van der Waals surface area contributed by atoms with Crippen molar-refractivity contribution < 1.29 is 17.5 Å². The van der Waals surface area contributed by atoms with Crippen LogP contribution in [0.5, 0.6) is 5.75 Å². The molecule has 212 valence electrons. The fourth-order valence-corrected chi connectivity index (χ4v) is 5.28. The number of aliphatic imine (C=N–C) groups is 1. The highest BCUT2D eigenvalue weighted by Gasteiger charge is 2.28. The van der Waals surface area contributed by atoms with Crippen molar-refractivity contribution in [2.75, 3.05) is 37.8 Å². The number of hydrogen-bond donors (Lipinski definition) is 3. The first-order valence-electron chi connectivity index (χ1n) is 12.9. The van der Waals surface area contributed by atoms with E-state index in [1.807, 2.05) is 0 Å². The lowest BCUT2D eigenvalue weighted by Crippen LogP contribution is -2.29. The van der Waals surface area contributed by atoms with E-state index in [2.05, 4.69) is 37.5 Å². The van der Waals surface area contributed by atoms with Gasteiger partial charge in [-0.1, -0.05) is 11.6 Å². The van der Waals surface area contributed by atoms with Gasteiger partial charge in [-0.2, -0.15) is 4.98 Å². The summed E-state index contributed by atoms with van der Waals surface area (Å²) in [5.74, 6) is 0.536. The van der Waals surface area contributed by atoms with Crippen LogP contribution in [0.1, 0.15) is 51.0 Å². The van der Waals surface area contributed by atoms with E-state index >= 15 is 4.39 Å². The van der Waals surface area contributed by atoms with Crippen LogP contribution in [-0.4, -0.2) is 68.0 Å². The molecular formula is C26H35ClFN7O3S. The van der Waals surface area contributed by atoms with Crippen molar-refractivity contribution in [1.82, 2.24) is 14.9 Å². The molecule has 2 aliphatic rings. The van der Waals surface area contributed by atoms with Gasteiger partial charge >= 0.3 is 0 Å². The maximum absolute atomic E-state index is 15.4. The van der Waals surface area contributed by atoms with Crippen LogP contribution in [0.4, 0.5) is 21.8 Å². The fourth-order valence-electron chi connectivity index (χ4n) is 4.22. The average Bonchev–Trinajstić information content (AvgIpc) is 3.71. The molecule has 0 spiro atoms. The number of nitrogens with zero attached hydrogens (tertiary/aromatic N) is 4. The number of likely N-dealkylation sites (tertiary alicyclic amines) is 1. The van der Waals surface area contributed by atoms with Crippen LogP contribution < -0.4 is 21.1 Å². The van der Waals surface area contributed by atoms with E-state index < -0.39 is 15.1 Å². The zero-order valence-electron chi connectivity index (χ0n) is 22.5. The Morgan fingerprint density at radius 3 is 2.59 bits per heavy atom. The van der Waals surface area contributed by atoms with Crippen molar-refractivity contribution in [2.45, 2.75) is 56.8 Å². The molecule has 4 N–H and O–H groups in total. The molecule has 4 rings (SSSR count). The number of ether oxygens (including phenoxy) is 1. The van der Waals surface area contributed by atoms with Gasteiger partial charge in [0.25, 0.3) is 0 Å². The number of halogens is 2. The third-order valence-corrected chi connectivity index (χ3v) is 9.12. The van der Waals surface area contributed by atoms with Gasteiger partial charge in [0.2, 0.25) is 5.95 Å². The lowest BCUT2D eigenvalue weighted by Gasteiger charge is -2.30. The van der Waals surface area contributed by atoms with Crippen LogP contribution in [0.3, 0.4) is 0 Å². The van der Waals surface area contributed by atoms with Crippen LogP contribution in [-0.2, 0) is 9.84 Å². The minimum absolute atomic E-state index is 0.0176. The van der Waals surface area contributed by atoms with Gasteiger partial charge in [-0.15, -0.1) is 0 Å². The largest absolute Gasteiger partial charge is 0.488 e. The predicted octanol–water partition coefficient (Wildman–Crippen LogP) is 4.43. The van der Waals surface area contributed by atoms with Gasteiger partial charge in [0.05, 0.1) is 28.9 Å². The Balaban J connectivity index is 1.64. The summed E-state index contributed by atoms with van der Waals surface area (Å²) in [6.07, 6.45) is 6.37. The summed E-state index contributed by atoms with van der Waals surface area (Å²) in [7, 11) is -0.228. The van der Waals surface area contributed by atoms with Gasteiger partial charge in [0, 0.05) is 19.3 Å². The van der Waals surface area contributed by atoms with Crippen molar-refractivity contribution in [3.63, 3.8) is 0 Å². The third-order valence-electron chi connectivity index (χ3n) is 6.77. The number of sulfone groups is 1. The molecule has 0 unspecified atom stereocenters. The van der Waals surface area contributed by atoms with Crippen LogP contribution in [0.2, 0.25) is 5.02 Å². The number of piperidine rings is 1. The highest BCUT2D eigenvalue weighted by atomic mass is 35.5. The van der Waals surface area contributed by atoms with Crippen molar-refractivity contribution in [2.24, 2.45) is 10.7 Å². The highest BCUT2D eigenvalue weighted by Crippen LogP contribution is 2.39. The Bertz CT molecular complexity index is 1370. The fraction of sp³-hybridized carbons (Fsp3) is 0.500. The van der Waals surface area contributed by atoms with E-state index in [0.717, 1.165) is 38.8 Å². The monoisotopic (exact) mass is 579 g/mol. The summed E-state index contributed by atoms with van der Waals surface area (Å²) in [4.78, 5) is 14.8. The second-order valence-electron chi connectivity index (χ2n) is 10.2. The molecule has 0 amide bonds. The first-order valence-corrected chi connectivity index (χ1v) is 14.8. The lowest BCUT2D eigenvalue weighted by molar-refractivity contribution is 0.252. The average molecular weight is 580 g/mol. The molecule has 1 aliphatic carbocycles. The van der Waals surface area contributed by atoms with Gasteiger partial charge in [-0.3, -0.25) is 4.99 Å². The second kappa shape index (κ2) is 12.1. The van der Waals surface area contributed by atoms with Gasteiger partial charge in [-0.25, -0.2) is 17.8 Å². The summed E-state index contributed by atoms with van der Waals surface area (Å²) < 4.78 is 46.8. The molecule has 1 saturated heterocycles. The standard InChI is InChI=1S/C26H35ClFN7O3S/c1-15(2)39(36,37)24(29)22(14-30-3)32-25-19(27)13-31-26(34-25)33-21-12-20(28)18(11-23(21)38-17-5-6-17)16-7-9-35(4)10-8-16/h11-17H,5-10,29H2,1-4H3,(H2,31,32,33,34). The van der Waals surface area contributed by atoms with E-state index in [1.54, 1.807) is 6.07 Å². The van der Waals surface area contributed by atoms with Gasteiger partial charge in [0.1, 0.15) is 16.6 Å². The molecule has 39 heavy (non-hydrogen) atoms. The van der Waals surface area contributed by atoms with E-state index in [-0.39, 0.29) is 45.4 Å². The molecule has 1 aromatic carbocycles. The Morgan fingerprint density at radius 2 is 1.97 bits per heavy atom. The minimum Gasteiger partial charge on any atom is -0.488 e. The molecule has 2 fully saturated rings. The number of hydrogen-bond acceptors (Lipinski definition) is 10. The first kappa shape index (κ1) is 29.0. The number of allylic oxidation sites excluding steroid dienone is 1. The number of benzene rings is 1. The smallest absolute Gasteiger partial charge is 0.229 e. The zero-order valence-corrected chi connectivity index (χ0v) is 24.1. The molecule has 1 aromatic heterocycles. The Labute approximate surface area is 233 Å². The molecular weight excluding hydrogens is 545 g/mol. The minimum atomic E-state index is -3.78. The van der Waals surface area contributed by atoms with Crippen LogP contribution in [0.25, 0.3) is 0 Å². The summed E-state index contributed by atoms with van der Waals surface area (Å²) >= 11 is 6.31. The van der Waals surface area contributed by atoms with E-state index in [4.69, 9.17) is 22.1 Å². The second-order valence-corrected chi connectivity index (χ2v) is 13.0. The summed E-state index contributed by atoms with van der Waals surface area (Å²) in [6.45, 7) is 4.89. The summed E-state index contributed by atoms with van der Waals surface area (Å²) in [6, 6.07) is 3.20. The third kappa shape index (κ3) is 6.98. The molecule has 0 atom stereocenters. The molecule has 0 radical (unpaired) electrons. The maximum atomic E-state index is 15.4. The maximum Gasteiger partial charge on any atom is 0.229 e. The molecule has 13 heteroatoms. The topological polar surface area (TPSA) is 135 Å². The molecule has 10 nitrogen and oxygen atoms in total. The Kier molecular flexibility index (Phi) is 8.97. The van der Waals surface area contributed by atoms with Gasteiger partial charge < -0.3 is 26.0 Å². The number of nitrogens with one attached hydrogen (secondary N) is 2. The van der Waals surface area contributed by atoms with Crippen molar-refractivity contribution in [3.8, 4) is 5.75 Å². The SMILES string of the molecule is CN=CC(Nc1nc(Nc2cc(F)c(C3CCN(C)CC3)cc2OC2CC2)ncc1Cl)=C(N)S(=O)(=O)C(C)C. The molecule has 2 aromatic rings. The number of rotatable bonds is 10. The summed E-state index contributed by atoms with van der Waals surface area (Å²) in [5, 5.41) is 4.88. The van der Waals surface area contributed by atoms with E-state index in [0.29, 0.717) is 17.0 Å². The molecule has 2 heterocycles. The predicted molar refractivity (Wildman–Crippen MR) is 153 cm³/mol. The summed E-state index contributed by atoms with van der Waals surface area (Å²) in [5.41, 5.74) is 7.05. The van der Waals surface area contributed by atoms with Crippen molar-refractivity contribution in [1.29, 1.82) is 0 Å². The van der Waals surface area contributed by atoms with E-state index in [9.17, 15) is 8.42 Å². The highest BCUT2D eigenvalue weighted by molar-refractivity contribution is 7.95. The van der Waals surface area contributed by atoms with Gasteiger partial charge in [0.15, 0.2) is 20.7 Å². The zero-order chi connectivity index (χ0) is 28.3. The number of nitrogens with two attached hydrogens (primary N) is 1.